The molecule has 2 aromatic carbocycles. The first-order valence-corrected chi connectivity index (χ1v) is 10.1. The molecule has 0 bridgehead atoms. The van der Waals surface area contributed by atoms with Crippen molar-refractivity contribution in [3.8, 4) is 34.7 Å². The van der Waals surface area contributed by atoms with Gasteiger partial charge in [-0.15, -0.1) is 17.8 Å². The highest BCUT2D eigenvalue weighted by Crippen LogP contribution is 2.32. The zero-order valence-electron chi connectivity index (χ0n) is 16.1. The Balaban J connectivity index is 1.70. The van der Waals surface area contributed by atoms with Gasteiger partial charge in [-0.25, -0.2) is 4.98 Å². The van der Waals surface area contributed by atoms with Gasteiger partial charge in [-0.1, -0.05) is 61.4 Å². The van der Waals surface area contributed by atoms with Crippen LogP contribution in [0.5, 0.6) is 5.75 Å². The van der Waals surface area contributed by atoms with E-state index in [1.807, 2.05) is 36.4 Å². The Morgan fingerprint density at radius 1 is 1.17 bits per heavy atom. The molecule has 0 unspecified atom stereocenters. The van der Waals surface area contributed by atoms with Gasteiger partial charge in [0.05, 0.1) is 16.8 Å². The molecule has 1 aromatic heterocycles. The molecule has 0 aliphatic heterocycles. The van der Waals surface area contributed by atoms with E-state index in [1.54, 1.807) is 23.5 Å². The Hall–Kier alpha value is -3.60. The van der Waals surface area contributed by atoms with Crippen molar-refractivity contribution >= 4 is 27.6 Å². The summed E-state index contributed by atoms with van der Waals surface area (Å²) in [5, 5.41) is 9.74. The first-order chi connectivity index (χ1) is 14.2. The van der Waals surface area contributed by atoms with Crippen LogP contribution in [0.1, 0.15) is 18.9 Å². The van der Waals surface area contributed by atoms with Crippen LogP contribution >= 0.6 is 11.3 Å². The van der Waals surface area contributed by atoms with Crippen LogP contribution in [0.4, 0.5) is 0 Å². The first kappa shape index (κ1) is 20.1. The van der Waals surface area contributed by atoms with Gasteiger partial charge in [0.25, 0.3) is 0 Å². The number of nitriles is 1. The molecule has 0 amide bonds. The van der Waals surface area contributed by atoms with Gasteiger partial charge in [0, 0.05) is 5.56 Å². The lowest BCUT2D eigenvalue weighted by Gasteiger charge is -2.02. The van der Waals surface area contributed by atoms with Crippen molar-refractivity contribution in [1.29, 1.82) is 5.26 Å². The number of hydrogen-bond acceptors (Lipinski definition) is 4. The standard InChI is InChI=1S/C25H20N2OS/c1-3-16-28-22-14-15-23-24(17-22)29-25(27-23)21-12-10-20(11-13-21)9-7-5-6-8-19(4-2)18-26/h2,5-15,17H,3,16H2,1H3/b6-5+,9-7+,19-8-. The van der Waals surface area contributed by atoms with Crippen molar-refractivity contribution in [1.82, 2.24) is 4.98 Å². The van der Waals surface area contributed by atoms with E-state index < -0.39 is 0 Å². The lowest BCUT2D eigenvalue weighted by molar-refractivity contribution is 0.318. The molecule has 0 N–H and O–H groups in total. The number of ether oxygens (including phenoxy) is 1. The molecule has 0 saturated heterocycles. The molecular formula is C25H20N2OS. The van der Waals surface area contributed by atoms with Crippen molar-refractivity contribution < 1.29 is 4.74 Å². The van der Waals surface area contributed by atoms with E-state index >= 15 is 0 Å². The van der Waals surface area contributed by atoms with Crippen molar-refractivity contribution in [2.45, 2.75) is 13.3 Å². The Bertz CT molecular complexity index is 1140. The molecule has 4 heteroatoms. The van der Waals surface area contributed by atoms with Gasteiger partial charge in [-0.05, 0) is 36.3 Å². The molecule has 0 radical (unpaired) electrons. The van der Waals surface area contributed by atoms with Crippen molar-refractivity contribution in [2.24, 2.45) is 0 Å². The predicted molar refractivity (Wildman–Crippen MR) is 122 cm³/mol. The van der Waals surface area contributed by atoms with Gasteiger partial charge in [-0.2, -0.15) is 5.26 Å². The second kappa shape index (κ2) is 10.1. The Morgan fingerprint density at radius 2 is 2.00 bits per heavy atom. The van der Waals surface area contributed by atoms with Crippen LogP contribution in [0.25, 0.3) is 26.9 Å². The summed E-state index contributed by atoms with van der Waals surface area (Å²) in [6.45, 7) is 2.82. The highest BCUT2D eigenvalue weighted by Gasteiger charge is 2.07. The van der Waals surface area contributed by atoms with Crippen LogP contribution in [-0.4, -0.2) is 11.6 Å². The number of allylic oxidation sites excluding steroid dienone is 5. The predicted octanol–water partition coefficient (Wildman–Crippen LogP) is 6.40. The summed E-state index contributed by atoms with van der Waals surface area (Å²) in [4.78, 5) is 4.74. The molecule has 0 aliphatic rings. The van der Waals surface area contributed by atoms with E-state index in [0.29, 0.717) is 5.57 Å². The molecule has 0 atom stereocenters. The summed E-state index contributed by atoms with van der Waals surface area (Å²) in [6.07, 6.45) is 15.3. The summed E-state index contributed by atoms with van der Waals surface area (Å²) >= 11 is 1.67. The van der Waals surface area contributed by atoms with Crippen molar-refractivity contribution in [3.05, 3.63) is 77.9 Å². The number of rotatable bonds is 7. The van der Waals surface area contributed by atoms with E-state index in [0.717, 1.165) is 45.1 Å². The molecule has 142 valence electrons. The molecule has 29 heavy (non-hydrogen) atoms. The van der Waals surface area contributed by atoms with Crippen LogP contribution in [0.3, 0.4) is 0 Å². The van der Waals surface area contributed by atoms with Gasteiger partial charge < -0.3 is 4.74 Å². The average molecular weight is 397 g/mol. The number of thiazole rings is 1. The highest BCUT2D eigenvalue weighted by atomic mass is 32.1. The number of benzene rings is 2. The number of aromatic nitrogens is 1. The van der Waals surface area contributed by atoms with Gasteiger partial charge >= 0.3 is 0 Å². The summed E-state index contributed by atoms with van der Waals surface area (Å²) in [6, 6.07) is 16.2. The fourth-order valence-corrected chi connectivity index (χ4v) is 3.57. The summed E-state index contributed by atoms with van der Waals surface area (Å²) in [5.74, 6) is 3.21. The largest absolute Gasteiger partial charge is 0.494 e. The quantitative estimate of drug-likeness (QED) is 0.263. The molecular weight excluding hydrogens is 376 g/mol. The summed E-state index contributed by atoms with van der Waals surface area (Å²) in [5.41, 5.74) is 3.46. The van der Waals surface area contributed by atoms with E-state index in [4.69, 9.17) is 21.4 Å². The molecule has 3 aromatic rings. The SMILES string of the molecule is C#C/C(C#N)=C/C=C/C=C/c1ccc(-c2nc3ccc(OCCC)cc3s2)cc1. The zero-order chi connectivity index (χ0) is 20.5. The molecule has 0 spiro atoms. The Labute approximate surface area is 175 Å². The van der Waals surface area contributed by atoms with Crippen LogP contribution < -0.4 is 4.74 Å². The van der Waals surface area contributed by atoms with Gasteiger partial charge in [-0.3, -0.25) is 0 Å². The Kier molecular flexibility index (Phi) is 7.00. The van der Waals surface area contributed by atoms with Crippen molar-refractivity contribution in [3.63, 3.8) is 0 Å². The normalized spacial score (nSPS) is 11.8. The van der Waals surface area contributed by atoms with E-state index in [1.165, 1.54) is 0 Å². The second-order valence-corrected chi connectivity index (χ2v) is 7.23. The number of hydrogen-bond donors (Lipinski definition) is 0. The maximum atomic E-state index is 8.75. The molecule has 0 aliphatic carbocycles. The third-order valence-corrected chi connectivity index (χ3v) is 5.11. The number of terminal acetylenes is 1. The molecule has 1 heterocycles. The average Bonchev–Trinajstić information content (AvgIpc) is 3.18. The lowest BCUT2D eigenvalue weighted by Crippen LogP contribution is -1.93. The lowest BCUT2D eigenvalue weighted by atomic mass is 10.1. The summed E-state index contributed by atoms with van der Waals surface area (Å²) < 4.78 is 6.84. The third-order valence-electron chi connectivity index (χ3n) is 4.04. The van der Waals surface area contributed by atoms with E-state index in [-0.39, 0.29) is 0 Å². The molecule has 0 saturated carbocycles. The fraction of sp³-hybridized carbons (Fsp3) is 0.120. The molecule has 3 rings (SSSR count). The van der Waals surface area contributed by atoms with Crippen LogP contribution in [0.15, 0.2) is 72.3 Å². The zero-order valence-corrected chi connectivity index (χ0v) is 16.9. The van der Waals surface area contributed by atoms with E-state index in [9.17, 15) is 0 Å². The molecule has 3 nitrogen and oxygen atoms in total. The summed E-state index contributed by atoms with van der Waals surface area (Å²) in [7, 11) is 0. The van der Waals surface area contributed by atoms with Crippen LogP contribution in [0.2, 0.25) is 0 Å². The van der Waals surface area contributed by atoms with Gasteiger partial charge in [0.2, 0.25) is 0 Å². The smallest absolute Gasteiger partial charge is 0.124 e. The Morgan fingerprint density at radius 3 is 2.72 bits per heavy atom. The minimum absolute atomic E-state index is 0.305. The topological polar surface area (TPSA) is 45.9 Å². The minimum atomic E-state index is 0.305. The maximum Gasteiger partial charge on any atom is 0.124 e. The van der Waals surface area contributed by atoms with Crippen LogP contribution in [0, 0.1) is 23.7 Å². The maximum absolute atomic E-state index is 8.75. The second-order valence-electron chi connectivity index (χ2n) is 6.20. The van der Waals surface area contributed by atoms with Gasteiger partial charge in [0.1, 0.15) is 22.4 Å². The van der Waals surface area contributed by atoms with E-state index in [2.05, 4.69) is 43.2 Å². The number of nitrogens with zero attached hydrogens (tertiary/aromatic N) is 2. The number of fused-ring (bicyclic) bond motifs is 1. The minimum Gasteiger partial charge on any atom is -0.494 e. The molecule has 0 fully saturated rings. The first-order valence-electron chi connectivity index (χ1n) is 9.29. The van der Waals surface area contributed by atoms with Crippen molar-refractivity contribution in [2.75, 3.05) is 6.61 Å². The van der Waals surface area contributed by atoms with Crippen LogP contribution in [-0.2, 0) is 0 Å². The highest BCUT2D eigenvalue weighted by molar-refractivity contribution is 7.21. The fourth-order valence-electron chi connectivity index (χ4n) is 2.58. The third kappa shape index (κ3) is 5.45. The monoisotopic (exact) mass is 396 g/mol. The van der Waals surface area contributed by atoms with Gasteiger partial charge in [0.15, 0.2) is 0 Å².